The predicted molar refractivity (Wildman–Crippen MR) is 301 cm³/mol. The molecule has 25 heteroatoms. The van der Waals surface area contributed by atoms with Crippen molar-refractivity contribution in [2.75, 3.05) is 87.3 Å². The normalized spacial score (nSPS) is 16.7. The van der Waals surface area contributed by atoms with Crippen LogP contribution in [0.4, 0.5) is 49.1 Å². The number of rotatable bonds is 17. The Balaban J connectivity index is 0.000000242. The van der Waals surface area contributed by atoms with Crippen molar-refractivity contribution in [3.63, 3.8) is 0 Å². The number of fused-ring (bicyclic) bond motifs is 2. The van der Waals surface area contributed by atoms with Crippen LogP contribution in [0.5, 0.6) is 11.5 Å². The second kappa shape index (κ2) is 27.0. The number of hydrogen-bond acceptors (Lipinski definition) is 16. The minimum atomic E-state index is -4.44. The molecule has 2 aliphatic rings. The van der Waals surface area contributed by atoms with Crippen LogP contribution in [-0.4, -0.2) is 152 Å². The fourth-order valence-electron chi connectivity index (χ4n) is 8.57. The van der Waals surface area contributed by atoms with E-state index in [4.69, 9.17) is 15.2 Å². The maximum Gasteiger partial charge on any atom is 0.453 e. The van der Waals surface area contributed by atoms with Crippen molar-refractivity contribution in [3.05, 3.63) is 96.3 Å². The zero-order valence-corrected chi connectivity index (χ0v) is 46.6. The third-order valence-electron chi connectivity index (χ3n) is 12.8. The maximum absolute atomic E-state index is 13.5. The molecule has 12 N–H and O–H groups in total. The van der Waals surface area contributed by atoms with Crippen molar-refractivity contribution in [1.82, 2.24) is 14.0 Å². The van der Waals surface area contributed by atoms with Gasteiger partial charge in [-0.05, 0) is 150 Å². The monoisotopic (exact) mass is 1160 g/mol. The number of benzene rings is 4. The van der Waals surface area contributed by atoms with Gasteiger partial charge in [-0.1, -0.05) is 30.9 Å². The molecule has 6 aromatic rings. The number of aromatic nitrogens is 2. The first kappa shape index (κ1) is 63.0. The SMILES string of the molecule is CCCN.CSc1ccc(NCC#Cc2cc3c(NC4CCN(C)CC4)cccc3n2CC(F)(F)F)c(OC(O)(O)O)c1.CSc1ccc(NCC#Cc2cc3c(N[N+]4(C)CC4C)cccc3n2CC(F)(F)F)c(OC(O)(O)O)c1. The molecule has 2 fully saturated rings. The highest BCUT2D eigenvalue weighted by molar-refractivity contribution is 7.98. The highest BCUT2D eigenvalue weighted by atomic mass is 32.2. The summed E-state index contributed by atoms with van der Waals surface area (Å²) in [5, 5.41) is 66.0. The molecule has 4 aromatic carbocycles. The molecular formula is C55H68F6N9O8S2+. The van der Waals surface area contributed by atoms with Gasteiger partial charge in [-0.3, -0.25) is 0 Å². The van der Waals surface area contributed by atoms with Crippen LogP contribution in [0, 0.1) is 23.7 Å². The lowest BCUT2D eigenvalue weighted by atomic mass is 10.0. The molecule has 0 aliphatic carbocycles. The second-order valence-corrected chi connectivity index (χ2v) is 21.0. The van der Waals surface area contributed by atoms with E-state index in [-0.39, 0.29) is 42.0 Å². The van der Waals surface area contributed by atoms with Gasteiger partial charge in [-0.25, -0.2) is 10.0 Å². The molecule has 2 unspecified atom stereocenters. The number of nitrogens with two attached hydrogens (primary N) is 1. The zero-order valence-electron chi connectivity index (χ0n) is 45.0. The summed E-state index contributed by atoms with van der Waals surface area (Å²) in [6.45, 7) is 5.47. The van der Waals surface area contributed by atoms with Crippen molar-refractivity contribution < 1.29 is 71.0 Å². The maximum atomic E-state index is 13.5. The van der Waals surface area contributed by atoms with E-state index in [1.807, 2.05) is 31.7 Å². The number of quaternary nitrogens is 1. The van der Waals surface area contributed by atoms with E-state index in [0.717, 1.165) is 71.2 Å². The lowest BCUT2D eigenvalue weighted by molar-refractivity contribution is -0.766. The number of piperidine rings is 1. The standard InChI is InChI=1S/C27H31F3N4O4S.C25H28F3N4O4S.C3H9N/c1-33-13-10-18(11-14-33)32-22-6-3-7-24-21(22)15-19(34(24)17-26(28,29)30)5-4-12-31-23-9-8-20(39-2)16-25(23)38-27(35,36)37;1-16-14-32(16,2)30-20-7-4-8-22-19(20)12-17(31(22)15-24(26,27)28)6-5-11-29-21-10-9-18(37-3)13-23(21)36-25(33,34)35;1-2-3-4/h3,6-9,15-16,18,31-32,35-37H,10-14,17H2,1-2H3;4,7-10,12-13,16,29-30,33-35H,11,14-15H2,1-3H3;2-4H2,1H3/q;+1;. The highest BCUT2D eigenvalue weighted by Crippen LogP contribution is 2.37. The zero-order chi connectivity index (χ0) is 58.6. The summed E-state index contributed by atoms with van der Waals surface area (Å²) in [6.07, 6.45) is -9.01. The number of nitrogens with zero attached hydrogens (tertiary/aromatic N) is 4. The largest absolute Gasteiger partial charge is 0.453 e. The third kappa shape index (κ3) is 18.7. The Morgan fingerprint density at radius 3 is 1.49 bits per heavy atom. The fraction of sp³-hybridized carbons (Fsp3) is 0.418. The second-order valence-electron chi connectivity index (χ2n) is 19.2. The molecule has 2 saturated heterocycles. The van der Waals surface area contributed by atoms with Crippen LogP contribution in [0.2, 0.25) is 0 Å². The Bertz CT molecular complexity index is 3170. The number of anilines is 4. The molecule has 0 amide bonds. The van der Waals surface area contributed by atoms with Crippen LogP contribution in [0.1, 0.15) is 44.5 Å². The van der Waals surface area contributed by atoms with Crippen LogP contribution < -0.4 is 36.6 Å². The van der Waals surface area contributed by atoms with Gasteiger partial charge >= 0.3 is 24.7 Å². The van der Waals surface area contributed by atoms with Crippen molar-refractivity contribution in [2.24, 2.45) is 5.73 Å². The van der Waals surface area contributed by atoms with Gasteiger partial charge < -0.3 is 75.8 Å². The number of halogens is 6. The minimum Gasteiger partial charge on any atom is -0.415 e. The number of aliphatic hydroxyl groups is 6. The number of likely N-dealkylation sites (tertiary alicyclic amines) is 1. The Morgan fingerprint density at radius 2 is 1.10 bits per heavy atom. The van der Waals surface area contributed by atoms with E-state index in [9.17, 15) is 57.0 Å². The Hall–Kier alpha value is -6.20. The summed E-state index contributed by atoms with van der Waals surface area (Å²) >= 11 is 2.76. The first-order chi connectivity index (χ1) is 37.6. The van der Waals surface area contributed by atoms with Gasteiger partial charge in [0.05, 0.1) is 59.6 Å². The number of alkyl halides is 6. The molecule has 2 atom stereocenters. The van der Waals surface area contributed by atoms with Gasteiger partial charge in [0.1, 0.15) is 13.1 Å². The first-order valence-corrected chi connectivity index (χ1v) is 27.8. The molecule has 0 radical (unpaired) electrons. The van der Waals surface area contributed by atoms with E-state index < -0.39 is 37.8 Å². The van der Waals surface area contributed by atoms with Gasteiger partial charge in [0.25, 0.3) is 0 Å². The topological polar surface area (TPSA) is 227 Å². The number of thioether (sulfide) groups is 2. The number of hydrogen-bond donors (Lipinski definition) is 11. The molecule has 4 heterocycles. The Kier molecular flexibility index (Phi) is 21.3. The van der Waals surface area contributed by atoms with E-state index in [2.05, 4.69) is 70.9 Å². The van der Waals surface area contributed by atoms with Gasteiger partial charge in [0.15, 0.2) is 24.1 Å². The summed E-state index contributed by atoms with van der Waals surface area (Å²) in [7, 11) is 4.10. The van der Waals surface area contributed by atoms with Crippen LogP contribution in [0.25, 0.3) is 21.8 Å². The van der Waals surface area contributed by atoms with Crippen LogP contribution >= 0.6 is 23.5 Å². The smallest absolute Gasteiger partial charge is 0.415 e. The Morgan fingerprint density at radius 1 is 0.675 bits per heavy atom. The molecule has 80 heavy (non-hydrogen) atoms. The van der Waals surface area contributed by atoms with Crippen LogP contribution in [0.3, 0.4) is 0 Å². The first-order valence-electron chi connectivity index (χ1n) is 25.3. The van der Waals surface area contributed by atoms with Crippen LogP contribution in [-0.2, 0) is 13.1 Å². The van der Waals surface area contributed by atoms with Gasteiger partial charge in [0, 0.05) is 32.3 Å². The number of nitrogens with one attached hydrogen (secondary N) is 4. The van der Waals surface area contributed by atoms with Crippen molar-refractivity contribution >= 4 is 68.1 Å². The molecule has 17 nitrogen and oxygen atoms in total. The molecule has 8 rings (SSSR count). The van der Waals surface area contributed by atoms with Crippen molar-refractivity contribution in [1.29, 1.82) is 0 Å². The van der Waals surface area contributed by atoms with E-state index in [0.29, 0.717) is 43.8 Å². The quantitative estimate of drug-likeness (QED) is 0.0105. The summed E-state index contributed by atoms with van der Waals surface area (Å²) in [4.78, 5) is 3.73. The minimum absolute atomic E-state index is 0.00931. The van der Waals surface area contributed by atoms with Gasteiger partial charge in [0.2, 0.25) is 0 Å². The number of likely N-dealkylation sites (N-methyl/N-ethyl adjacent to an activating group) is 1. The predicted octanol–water partition coefficient (Wildman–Crippen LogP) is 7.75. The average Bonchev–Trinajstić information content (AvgIpc) is 3.76. The molecule has 2 aromatic heterocycles. The lowest BCUT2D eigenvalue weighted by Gasteiger charge is -2.30. The molecule has 2 aliphatic heterocycles. The van der Waals surface area contributed by atoms with E-state index in [1.54, 1.807) is 60.7 Å². The highest BCUT2D eigenvalue weighted by Gasteiger charge is 2.49. The molecular weight excluding hydrogens is 1090 g/mol. The summed E-state index contributed by atoms with van der Waals surface area (Å²) in [6, 6.07) is 24.2. The van der Waals surface area contributed by atoms with E-state index in [1.165, 1.54) is 40.2 Å². The van der Waals surface area contributed by atoms with Crippen molar-refractivity contribution in [3.8, 4) is 35.2 Å². The van der Waals surface area contributed by atoms with Crippen molar-refractivity contribution in [2.45, 2.75) is 92.7 Å². The van der Waals surface area contributed by atoms with E-state index >= 15 is 0 Å². The summed E-state index contributed by atoms with van der Waals surface area (Å²) < 4.78 is 93.3. The third-order valence-corrected chi connectivity index (χ3v) is 14.3. The van der Waals surface area contributed by atoms with Crippen LogP contribution in [0.15, 0.2) is 94.7 Å². The van der Waals surface area contributed by atoms with Gasteiger partial charge in [-0.2, -0.15) is 26.3 Å². The molecule has 0 bridgehead atoms. The Labute approximate surface area is 468 Å². The average molecular weight is 1160 g/mol. The molecule has 434 valence electrons. The molecule has 0 spiro atoms. The molecule has 0 saturated carbocycles. The number of ether oxygens (including phenoxy) is 2. The fourth-order valence-corrected chi connectivity index (χ4v) is 9.43. The lowest BCUT2D eigenvalue weighted by Crippen LogP contribution is -2.36. The van der Waals surface area contributed by atoms with Gasteiger partial charge in [-0.15, -0.1) is 23.5 Å². The summed E-state index contributed by atoms with van der Waals surface area (Å²) in [5.74, 6) is 11.3. The summed E-state index contributed by atoms with van der Waals surface area (Å²) in [5.41, 5.74) is 11.9.